The molecule has 0 radical (unpaired) electrons. The highest BCUT2D eigenvalue weighted by Gasteiger charge is 2.21. The minimum Gasteiger partial charge on any atom is -0.324 e. The van der Waals surface area contributed by atoms with E-state index < -0.39 is 9.05 Å². The molecule has 1 aromatic rings. The molecule has 1 amide bonds. The van der Waals surface area contributed by atoms with Crippen LogP contribution in [0.25, 0.3) is 0 Å². The van der Waals surface area contributed by atoms with Gasteiger partial charge in [-0.15, -0.1) is 0 Å². The van der Waals surface area contributed by atoms with Crippen LogP contribution in [-0.2, 0) is 13.8 Å². The van der Waals surface area contributed by atoms with Crippen molar-refractivity contribution in [1.82, 2.24) is 0 Å². The van der Waals surface area contributed by atoms with Crippen LogP contribution in [0.4, 0.5) is 5.69 Å². The zero-order valence-electron chi connectivity index (χ0n) is 11.7. The maximum atomic E-state index is 11.8. The molecule has 8 heteroatoms. The van der Waals surface area contributed by atoms with Crippen LogP contribution in [-0.4, -0.2) is 14.3 Å². The average Bonchev–Trinajstić information content (AvgIpc) is 2.38. The Morgan fingerprint density at radius 2 is 1.90 bits per heavy atom. The normalized spacial score (nSPS) is 11.5. The summed E-state index contributed by atoms with van der Waals surface area (Å²) in [6.07, 6.45) is 3.09. The highest BCUT2D eigenvalue weighted by Crippen LogP contribution is 2.38. The van der Waals surface area contributed by atoms with Gasteiger partial charge >= 0.3 is 0 Å². The van der Waals surface area contributed by atoms with E-state index in [2.05, 4.69) is 5.32 Å². The van der Waals surface area contributed by atoms with E-state index in [1.165, 1.54) is 13.0 Å². The van der Waals surface area contributed by atoms with Crippen molar-refractivity contribution >= 4 is 54.5 Å². The summed E-state index contributed by atoms with van der Waals surface area (Å²) in [6.45, 7) is 3.54. The van der Waals surface area contributed by atoms with Gasteiger partial charge in [0.2, 0.25) is 5.91 Å². The van der Waals surface area contributed by atoms with E-state index in [0.717, 1.165) is 19.3 Å². The minimum atomic E-state index is -3.95. The summed E-state index contributed by atoms with van der Waals surface area (Å²) in [5.41, 5.74) is 0.460. The van der Waals surface area contributed by atoms with E-state index >= 15 is 0 Å². The highest BCUT2D eigenvalue weighted by atomic mass is 35.7. The Hall–Kier alpha value is -0.490. The van der Waals surface area contributed by atoms with Crippen molar-refractivity contribution in [3.63, 3.8) is 0 Å². The number of carbonyl (C=O) groups excluding carboxylic acids is 1. The lowest BCUT2D eigenvalue weighted by Gasteiger charge is -2.13. The number of anilines is 1. The molecule has 4 nitrogen and oxygen atoms in total. The predicted molar refractivity (Wildman–Crippen MR) is 87.0 cm³/mol. The van der Waals surface area contributed by atoms with Gasteiger partial charge in [-0.1, -0.05) is 43.0 Å². The Balaban J connectivity index is 3.05. The van der Waals surface area contributed by atoms with Crippen LogP contribution in [0.2, 0.25) is 10.0 Å². The van der Waals surface area contributed by atoms with Gasteiger partial charge in [0.25, 0.3) is 9.05 Å². The van der Waals surface area contributed by atoms with Crippen molar-refractivity contribution in [2.75, 3.05) is 5.32 Å². The Morgan fingerprint density at radius 3 is 2.43 bits per heavy atom. The van der Waals surface area contributed by atoms with Crippen LogP contribution >= 0.6 is 33.9 Å². The van der Waals surface area contributed by atoms with Crippen LogP contribution in [0, 0.1) is 6.92 Å². The Kier molecular flexibility index (Phi) is 6.78. The first-order valence-corrected chi connectivity index (χ1v) is 9.48. The molecular formula is C13H16Cl3NO3S. The molecule has 0 bridgehead atoms. The Bertz CT molecular complexity index is 645. The van der Waals surface area contributed by atoms with Crippen molar-refractivity contribution in [2.45, 2.75) is 44.4 Å². The lowest BCUT2D eigenvalue weighted by Crippen LogP contribution is -2.12. The highest BCUT2D eigenvalue weighted by molar-refractivity contribution is 8.13. The second-order valence-corrected chi connectivity index (χ2v) is 7.93. The number of hydrogen-bond donors (Lipinski definition) is 1. The average molecular weight is 373 g/mol. The molecule has 0 aromatic heterocycles. The summed E-state index contributed by atoms with van der Waals surface area (Å²) in [6, 6.07) is 1.19. The number of rotatable bonds is 6. The van der Waals surface area contributed by atoms with E-state index in [1.807, 2.05) is 6.92 Å². The van der Waals surface area contributed by atoms with Crippen LogP contribution in [0.3, 0.4) is 0 Å². The topological polar surface area (TPSA) is 63.2 Å². The molecule has 0 saturated heterocycles. The van der Waals surface area contributed by atoms with Crippen molar-refractivity contribution in [2.24, 2.45) is 0 Å². The van der Waals surface area contributed by atoms with E-state index in [0.29, 0.717) is 6.42 Å². The summed E-state index contributed by atoms with van der Waals surface area (Å²) in [4.78, 5) is 11.6. The fourth-order valence-electron chi connectivity index (χ4n) is 1.80. The van der Waals surface area contributed by atoms with Crippen LogP contribution in [0.1, 0.15) is 38.2 Å². The smallest absolute Gasteiger partial charge is 0.261 e. The SMILES string of the molecule is CCCCCC(=O)Nc1c(Cl)cc(S(=O)(=O)Cl)c(C)c1Cl. The van der Waals surface area contributed by atoms with Crippen LogP contribution < -0.4 is 5.32 Å². The molecular weight excluding hydrogens is 357 g/mol. The standard InChI is InChI=1S/C13H16Cl3NO3S/c1-3-4-5-6-11(18)17-13-9(14)7-10(21(16,19)20)8(2)12(13)15/h7H,3-6H2,1-2H3,(H,17,18). The van der Waals surface area contributed by atoms with Crippen LogP contribution in [0.15, 0.2) is 11.0 Å². The first-order chi connectivity index (χ1) is 9.68. The molecule has 0 aliphatic carbocycles. The number of carbonyl (C=O) groups is 1. The molecule has 0 aliphatic heterocycles. The van der Waals surface area contributed by atoms with Crippen molar-refractivity contribution in [3.8, 4) is 0 Å². The number of unbranched alkanes of at least 4 members (excludes halogenated alkanes) is 2. The monoisotopic (exact) mass is 371 g/mol. The second-order valence-electron chi connectivity index (χ2n) is 4.61. The van der Waals surface area contributed by atoms with E-state index in [4.69, 9.17) is 33.9 Å². The fraction of sp³-hybridized carbons (Fsp3) is 0.462. The van der Waals surface area contributed by atoms with Gasteiger partial charge in [0.05, 0.1) is 20.6 Å². The van der Waals surface area contributed by atoms with E-state index in [-0.39, 0.29) is 32.1 Å². The van der Waals surface area contributed by atoms with Crippen molar-refractivity contribution < 1.29 is 13.2 Å². The van der Waals surface area contributed by atoms with Crippen molar-refractivity contribution in [1.29, 1.82) is 0 Å². The molecule has 118 valence electrons. The molecule has 21 heavy (non-hydrogen) atoms. The predicted octanol–water partition coefficient (Wildman–Crippen LogP) is 4.75. The molecule has 0 aliphatic rings. The second kappa shape index (κ2) is 7.68. The van der Waals surface area contributed by atoms with E-state index in [9.17, 15) is 13.2 Å². The molecule has 0 fully saturated rings. The number of benzene rings is 1. The third-order valence-electron chi connectivity index (χ3n) is 2.95. The molecule has 1 aromatic carbocycles. The number of amides is 1. The quantitative estimate of drug-likeness (QED) is 0.579. The van der Waals surface area contributed by atoms with Gasteiger partial charge in [-0.05, 0) is 25.0 Å². The molecule has 0 unspecified atom stereocenters. The number of halogens is 3. The first kappa shape index (κ1) is 18.6. The molecule has 0 atom stereocenters. The van der Waals surface area contributed by atoms with Gasteiger partial charge in [0.1, 0.15) is 0 Å². The molecule has 0 spiro atoms. The lowest BCUT2D eigenvalue weighted by molar-refractivity contribution is -0.116. The third-order valence-corrected chi connectivity index (χ3v) is 5.17. The summed E-state index contributed by atoms with van der Waals surface area (Å²) in [5.74, 6) is -0.215. The van der Waals surface area contributed by atoms with Gasteiger partial charge in [-0.2, -0.15) is 0 Å². The fourth-order valence-corrected chi connectivity index (χ4v) is 3.68. The third kappa shape index (κ3) is 5.02. The zero-order valence-corrected chi connectivity index (χ0v) is 14.8. The Labute approximate surface area is 139 Å². The lowest BCUT2D eigenvalue weighted by atomic mass is 10.2. The maximum absolute atomic E-state index is 11.8. The van der Waals surface area contributed by atoms with Gasteiger partial charge in [0.15, 0.2) is 0 Å². The largest absolute Gasteiger partial charge is 0.324 e. The van der Waals surface area contributed by atoms with Crippen molar-refractivity contribution in [3.05, 3.63) is 21.7 Å². The number of hydrogen-bond acceptors (Lipinski definition) is 3. The molecule has 0 saturated carbocycles. The Morgan fingerprint density at radius 1 is 1.29 bits per heavy atom. The van der Waals surface area contributed by atoms with Gasteiger partial charge in [0, 0.05) is 17.1 Å². The number of nitrogens with one attached hydrogen (secondary N) is 1. The molecule has 1 N–H and O–H groups in total. The summed E-state index contributed by atoms with van der Waals surface area (Å²) in [7, 11) is 1.37. The van der Waals surface area contributed by atoms with Gasteiger partial charge in [-0.25, -0.2) is 8.42 Å². The maximum Gasteiger partial charge on any atom is 0.261 e. The zero-order chi connectivity index (χ0) is 16.2. The van der Waals surface area contributed by atoms with Gasteiger partial charge < -0.3 is 5.32 Å². The summed E-state index contributed by atoms with van der Waals surface area (Å²) < 4.78 is 22.9. The first-order valence-electron chi connectivity index (χ1n) is 6.41. The minimum absolute atomic E-state index is 0.0358. The van der Waals surface area contributed by atoms with Gasteiger partial charge in [-0.3, -0.25) is 4.79 Å². The summed E-state index contributed by atoms with van der Waals surface area (Å²) in [5, 5.41) is 2.73. The molecule has 0 heterocycles. The molecule has 1 rings (SSSR count). The van der Waals surface area contributed by atoms with E-state index in [1.54, 1.807) is 0 Å². The summed E-state index contributed by atoms with van der Waals surface area (Å²) >= 11 is 12.1. The van der Waals surface area contributed by atoms with Crippen LogP contribution in [0.5, 0.6) is 0 Å².